The van der Waals surface area contributed by atoms with E-state index in [1.165, 1.54) is 36.2 Å². The highest BCUT2D eigenvalue weighted by Crippen LogP contribution is 2.29. The van der Waals surface area contributed by atoms with Crippen LogP contribution in [0.1, 0.15) is 11.3 Å². The van der Waals surface area contributed by atoms with E-state index < -0.39 is 25.6 Å². The van der Waals surface area contributed by atoms with Gasteiger partial charge in [0.15, 0.2) is 18.4 Å². The van der Waals surface area contributed by atoms with E-state index in [0.717, 1.165) is 0 Å². The van der Waals surface area contributed by atoms with Gasteiger partial charge in [-0.15, -0.1) is 0 Å². The van der Waals surface area contributed by atoms with Crippen LogP contribution < -0.4 is 9.47 Å². The maximum Gasteiger partial charge on any atom is 0.422 e. The Labute approximate surface area is 170 Å². The molecular weight excluding hydrogens is 436 g/mol. The van der Waals surface area contributed by atoms with Crippen LogP contribution in [0.25, 0.3) is 11.0 Å². The van der Waals surface area contributed by atoms with Gasteiger partial charge in [0, 0.05) is 23.6 Å². The molecule has 5 nitrogen and oxygen atoms in total. The van der Waals surface area contributed by atoms with Crippen LogP contribution in [-0.4, -0.2) is 40.5 Å². The van der Waals surface area contributed by atoms with Gasteiger partial charge >= 0.3 is 12.4 Å². The second kappa shape index (κ2) is 8.62. The summed E-state index contributed by atoms with van der Waals surface area (Å²) in [6.07, 6.45) is -7.52. The Morgan fingerprint density at radius 3 is 2.40 bits per heavy atom. The van der Waals surface area contributed by atoms with Crippen molar-refractivity contribution in [2.24, 2.45) is 0 Å². The number of thioether (sulfide) groups is 1. The first-order chi connectivity index (χ1) is 14.0. The lowest BCUT2D eigenvalue weighted by Gasteiger charge is -2.13. The summed E-state index contributed by atoms with van der Waals surface area (Å²) in [5.41, 5.74) is 2.02. The lowest BCUT2D eigenvalue weighted by atomic mass is 10.2. The van der Waals surface area contributed by atoms with Crippen LogP contribution >= 0.6 is 11.8 Å². The third-order valence-corrected chi connectivity index (χ3v) is 4.72. The third kappa shape index (κ3) is 6.18. The van der Waals surface area contributed by atoms with Crippen LogP contribution in [0.2, 0.25) is 0 Å². The van der Waals surface area contributed by atoms with E-state index in [1.54, 1.807) is 13.0 Å². The molecular formula is C18H15F6N3O2S. The first-order valence-corrected chi connectivity index (χ1v) is 9.45. The van der Waals surface area contributed by atoms with E-state index in [9.17, 15) is 26.3 Å². The van der Waals surface area contributed by atoms with Crippen LogP contribution in [0.5, 0.6) is 11.5 Å². The Morgan fingerprint density at radius 1 is 1.00 bits per heavy atom. The van der Waals surface area contributed by atoms with Gasteiger partial charge in [0.05, 0.1) is 16.7 Å². The van der Waals surface area contributed by atoms with Crippen molar-refractivity contribution in [2.45, 2.75) is 30.2 Å². The van der Waals surface area contributed by atoms with Crippen molar-refractivity contribution in [3.63, 3.8) is 0 Å². The van der Waals surface area contributed by atoms with E-state index >= 15 is 0 Å². The number of aromatic amines is 1. The van der Waals surface area contributed by atoms with E-state index in [-0.39, 0.29) is 11.5 Å². The lowest BCUT2D eigenvalue weighted by Crippen LogP contribution is -2.19. The zero-order valence-corrected chi connectivity index (χ0v) is 16.2. The molecule has 0 bridgehead atoms. The van der Waals surface area contributed by atoms with Crippen molar-refractivity contribution in [2.75, 3.05) is 13.2 Å². The number of imidazole rings is 1. The molecule has 0 spiro atoms. The second-order valence-corrected chi connectivity index (χ2v) is 7.16. The number of nitrogens with zero attached hydrogens (tertiary/aromatic N) is 2. The number of ether oxygens (including phenoxy) is 2. The van der Waals surface area contributed by atoms with Crippen molar-refractivity contribution in [1.82, 2.24) is 15.0 Å². The molecule has 162 valence electrons. The van der Waals surface area contributed by atoms with Gasteiger partial charge in [-0.1, -0.05) is 11.8 Å². The number of hydrogen-bond acceptors (Lipinski definition) is 5. The molecule has 0 saturated heterocycles. The highest BCUT2D eigenvalue weighted by Gasteiger charge is 2.29. The van der Waals surface area contributed by atoms with Crippen molar-refractivity contribution >= 4 is 22.8 Å². The summed E-state index contributed by atoms with van der Waals surface area (Å²) < 4.78 is 83.4. The molecule has 0 radical (unpaired) electrons. The Hall–Kier alpha value is -2.63. The molecule has 2 heterocycles. The fraction of sp³-hybridized carbons (Fsp3) is 0.333. The molecule has 12 heteroatoms. The van der Waals surface area contributed by atoms with Gasteiger partial charge in [0.1, 0.15) is 11.5 Å². The Kier molecular flexibility index (Phi) is 6.34. The molecule has 0 saturated carbocycles. The first-order valence-electron chi connectivity index (χ1n) is 8.46. The number of pyridine rings is 1. The number of alkyl halides is 6. The van der Waals surface area contributed by atoms with Crippen LogP contribution in [0.3, 0.4) is 0 Å². The van der Waals surface area contributed by atoms with E-state index in [1.807, 2.05) is 0 Å². The molecule has 3 aromatic rings. The van der Waals surface area contributed by atoms with Gasteiger partial charge in [-0.05, 0) is 25.1 Å². The second-order valence-electron chi connectivity index (χ2n) is 6.20. The van der Waals surface area contributed by atoms with Gasteiger partial charge < -0.3 is 14.5 Å². The van der Waals surface area contributed by atoms with Crippen molar-refractivity contribution in [1.29, 1.82) is 0 Å². The van der Waals surface area contributed by atoms with Crippen LogP contribution in [0.15, 0.2) is 35.6 Å². The summed E-state index contributed by atoms with van der Waals surface area (Å²) in [7, 11) is 0. The predicted octanol–water partition coefficient (Wildman–Crippen LogP) is 5.44. The minimum atomic E-state index is -4.44. The maximum absolute atomic E-state index is 12.4. The predicted molar refractivity (Wildman–Crippen MR) is 97.7 cm³/mol. The zero-order chi connectivity index (χ0) is 21.9. The van der Waals surface area contributed by atoms with E-state index in [0.29, 0.717) is 33.2 Å². The summed E-state index contributed by atoms with van der Waals surface area (Å²) in [4.78, 5) is 11.5. The molecule has 1 aromatic carbocycles. The topological polar surface area (TPSA) is 60.0 Å². The molecule has 0 unspecified atom stereocenters. The summed E-state index contributed by atoms with van der Waals surface area (Å²) >= 11 is 1.24. The molecule has 0 aliphatic carbocycles. The number of fused-ring (bicyclic) bond motifs is 1. The number of halogens is 6. The number of aromatic nitrogens is 3. The number of rotatable bonds is 7. The quantitative estimate of drug-likeness (QED) is 0.383. The Bertz CT molecular complexity index is 1020. The summed E-state index contributed by atoms with van der Waals surface area (Å²) in [5, 5.41) is 0.473. The largest absolute Gasteiger partial charge is 0.484 e. The SMILES string of the molecule is Cc1c(OCC(F)(F)F)ccnc1CSc1nc2cc(OCC(F)(F)F)ccc2[nH]1. The smallest absolute Gasteiger partial charge is 0.422 e. The van der Waals surface area contributed by atoms with Gasteiger partial charge in [-0.25, -0.2) is 4.98 Å². The molecule has 0 aliphatic rings. The van der Waals surface area contributed by atoms with Gasteiger partial charge in [0.25, 0.3) is 0 Å². The summed E-state index contributed by atoms with van der Waals surface area (Å²) in [6, 6.07) is 5.69. The average Bonchev–Trinajstić information content (AvgIpc) is 3.05. The zero-order valence-electron chi connectivity index (χ0n) is 15.4. The highest BCUT2D eigenvalue weighted by atomic mass is 32.2. The fourth-order valence-corrected chi connectivity index (χ4v) is 3.35. The monoisotopic (exact) mass is 451 g/mol. The maximum atomic E-state index is 12.4. The van der Waals surface area contributed by atoms with Crippen LogP contribution in [0.4, 0.5) is 26.3 Å². The molecule has 0 fully saturated rings. The standard InChI is InChI=1S/C18H15F6N3O2S/c1-10-14(25-5-4-15(10)29-9-18(22,23)24)7-30-16-26-12-3-2-11(6-13(12)27-16)28-8-17(19,20)21/h2-6H,7-9H2,1H3,(H,26,27). The van der Waals surface area contributed by atoms with E-state index in [4.69, 9.17) is 9.47 Å². The summed E-state index contributed by atoms with van der Waals surface area (Å²) in [5.74, 6) is 0.427. The molecule has 0 amide bonds. The lowest BCUT2D eigenvalue weighted by molar-refractivity contribution is -0.154. The number of benzene rings is 1. The molecule has 30 heavy (non-hydrogen) atoms. The molecule has 3 rings (SSSR count). The minimum absolute atomic E-state index is 0.0369. The van der Waals surface area contributed by atoms with Crippen LogP contribution in [0, 0.1) is 6.92 Å². The number of hydrogen-bond donors (Lipinski definition) is 1. The van der Waals surface area contributed by atoms with Crippen molar-refractivity contribution in [3.05, 3.63) is 41.7 Å². The van der Waals surface area contributed by atoms with Gasteiger partial charge in [-0.2, -0.15) is 26.3 Å². The molecule has 1 N–H and O–H groups in total. The normalized spacial score (nSPS) is 12.4. The van der Waals surface area contributed by atoms with Crippen molar-refractivity contribution < 1.29 is 35.8 Å². The van der Waals surface area contributed by atoms with Crippen molar-refractivity contribution in [3.8, 4) is 11.5 Å². The first kappa shape index (κ1) is 22.1. The third-order valence-electron chi connectivity index (χ3n) is 3.83. The molecule has 0 aliphatic heterocycles. The fourth-order valence-electron chi connectivity index (χ4n) is 2.44. The van der Waals surface area contributed by atoms with Gasteiger partial charge in [0.2, 0.25) is 0 Å². The van der Waals surface area contributed by atoms with Gasteiger partial charge in [-0.3, -0.25) is 4.98 Å². The summed E-state index contributed by atoms with van der Waals surface area (Å²) in [6.45, 7) is -1.19. The molecule has 2 aromatic heterocycles. The number of H-pyrrole nitrogens is 1. The Balaban J connectivity index is 1.67. The molecule has 0 atom stereocenters. The van der Waals surface area contributed by atoms with Crippen LogP contribution in [-0.2, 0) is 5.75 Å². The highest BCUT2D eigenvalue weighted by molar-refractivity contribution is 7.98. The minimum Gasteiger partial charge on any atom is -0.484 e. The number of nitrogens with one attached hydrogen (secondary N) is 1. The Morgan fingerprint density at radius 2 is 1.70 bits per heavy atom. The van der Waals surface area contributed by atoms with E-state index in [2.05, 4.69) is 15.0 Å². The average molecular weight is 451 g/mol.